The van der Waals surface area contributed by atoms with E-state index in [0.29, 0.717) is 10.1 Å². The molecule has 3 aromatic rings. The van der Waals surface area contributed by atoms with E-state index in [1.54, 1.807) is 42.5 Å². The Morgan fingerprint density at radius 2 is 1.70 bits per heavy atom. The second-order valence-corrected chi connectivity index (χ2v) is 6.80. The van der Waals surface area contributed by atoms with Crippen LogP contribution in [0.3, 0.4) is 0 Å². The summed E-state index contributed by atoms with van der Waals surface area (Å²) in [5, 5.41) is 0. The minimum absolute atomic E-state index is 0.0320. The maximum absolute atomic E-state index is 12.9. The number of nitrogen functional groups attached to an aromatic ring is 1. The van der Waals surface area contributed by atoms with Crippen molar-refractivity contribution >= 4 is 23.5 Å². The quantitative estimate of drug-likeness (QED) is 0.374. The third kappa shape index (κ3) is 5.21. The van der Waals surface area contributed by atoms with Crippen LogP contribution in [-0.4, -0.2) is 45.6 Å². The van der Waals surface area contributed by atoms with E-state index in [-0.39, 0.29) is 12.2 Å². The van der Waals surface area contributed by atoms with Gasteiger partial charge in [0.15, 0.2) is 6.61 Å². The topological polar surface area (TPSA) is 153 Å². The number of carbonyl (C=O) groups is 3. The monoisotopic (exact) mass is 452 g/mol. The zero-order valence-corrected chi connectivity index (χ0v) is 17.6. The number of nitrogens with zero attached hydrogens (tertiary/aromatic N) is 3. The van der Waals surface area contributed by atoms with Crippen LogP contribution in [0.5, 0.6) is 0 Å². The molecule has 0 spiro atoms. The summed E-state index contributed by atoms with van der Waals surface area (Å²) in [5.41, 5.74) is 4.11. The molecule has 3 rings (SSSR count). The molecule has 2 aromatic heterocycles. The Kier molecular flexibility index (Phi) is 7.13. The molecule has 33 heavy (non-hydrogen) atoms. The van der Waals surface area contributed by atoms with Crippen molar-refractivity contribution in [1.29, 1.82) is 0 Å². The van der Waals surface area contributed by atoms with Crippen LogP contribution in [0.2, 0.25) is 0 Å². The molecule has 0 fully saturated rings. The van der Waals surface area contributed by atoms with Gasteiger partial charge in [-0.05, 0) is 17.7 Å². The average molecular weight is 452 g/mol. The molecular weight excluding hydrogens is 432 g/mol. The van der Waals surface area contributed by atoms with Crippen LogP contribution in [0.4, 0.5) is 5.82 Å². The lowest BCUT2D eigenvalue weighted by molar-refractivity contribution is -0.141. The summed E-state index contributed by atoms with van der Waals surface area (Å²) in [7, 11) is 1.09. The number of ketones is 1. The largest absolute Gasteiger partial charge is 0.468 e. The summed E-state index contributed by atoms with van der Waals surface area (Å²) in [6.07, 6.45) is 1.38. The number of esters is 2. The van der Waals surface area contributed by atoms with Gasteiger partial charge in [0.1, 0.15) is 23.6 Å². The first-order valence-corrected chi connectivity index (χ1v) is 9.68. The summed E-state index contributed by atoms with van der Waals surface area (Å²) in [5.74, 6) is -3.10. The van der Waals surface area contributed by atoms with Crippen LogP contribution < -0.4 is 17.0 Å². The molecule has 2 heterocycles. The van der Waals surface area contributed by atoms with Crippen molar-refractivity contribution in [2.75, 3.05) is 19.5 Å². The van der Waals surface area contributed by atoms with Crippen molar-refractivity contribution in [3.05, 3.63) is 92.4 Å². The Morgan fingerprint density at radius 1 is 1.00 bits per heavy atom. The Balaban J connectivity index is 2.00. The summed E-state index contributed by atoms with van der Waals surface area (Å²) in [6.45, 7) is -1.62. The number of hydrogen-bond acceptors (Lipinski definition) is 9. The Bertz CT molecular complexity index is 1300. The fourth-order valence-electron chi connectivity index (χ4n) is 2.99. The van der Waals surface area contributed by atoms with Gasteiger partial charge in [0, 0.05) is 6.20 Å². The number of aromatic nitrogens is 3. The third-order valence-electron chi connectivity index (χ3n) is 4.65. The number of pyridine rings is 1. The van der Waals surface area contributed by atoms with E-state index < -0.39 is 53.5 Å². The minimum atomic E-state index is -1.09. The average Bonchev–Trinajstić information content (AvgIpc) is 2.84. The van der Waals surface area contributed by atoms with E-state index in [9.17, 15) is 24.0 Å². The van der Waals surface area contributed by atoms with E-state index in [2.05, 4.69) is 9.72 Å². The Labute approximate surface area is 187 Å². The molecule has 11 heteroatoms. The van der Waals surface area contributed by atoms with Gasteiger partial charge >= 0.3 is 17.6 Å². The van der Waals surface area contributed by atoms with Crippen molar-refractivity contribution in [3.8, 4) is 0 Å². The molecule has 1 aromatic carbocycles. The summed E-state index contributed by atoms with van der Waals surface area (Å²) < 4.78 is 11.0. The highest BCUT2D eigenvalue weighted by atomic mass is 16.5. The minimum Gasteiger partial charge on any atom is -0.468 e. The van der Waals surface area contributed by atoms with Crippen molar-refractivity contribution in [1.82, 2.24) is 14.1 Å². The summed E-state index contributed by atoms with van der Waals surface area (Å²) in [4.78, 5) is 66.3. The van der Waals surface area contributed by atoms with Gasteiger partial charge in [-0.15, -0.1) is 0 Å². The van der Waals surface area contributed by atoms with Crippen LogP contribution >= 0.6 is 0 Å². The van der Waals surface area contributed by atoms with Crippen LogP contribution in [0.15, 0.2) is 64.3 Å². The molecule has 0 aliphatic carbocycles. The van der Waals surface area contributed by atoms with E-state index in [1.165, 1.54) is 12.3 Å². The first kappa shape index (κ1) is 23.1. The van der Waals surface area contributed by atoms with Crippen molar-refractivity contribution < 1.29 is 23.9 Å². The van der Waals surface area contributed by atoms with Crippen molar-refractivity contribution in [3.63, 3.8) is 0 Å². The van der Waals surface area contributed by atoms with Gasteiger partial charge in [-0.2, -0.15) is 0 Å². The van der Waals surface area contributed by atoms with Crippen molar-refractivity contribution in [2.45, 2.75) is 13.1 Å². The number of rotatable bonds is 8. The number of anilines is 1. The first-order chi connectivity index (χ1) is 15.8. The lowest BCUT2D eigenvalue weighted by atomic mass is 10.1. The maximum atomic E-state index is 12.9. The number of benzene rings is 1. The van der Waals surface area contributed by atoms with Crippen LogP contribution in [0.1, 0.15) is 26.4 Å². The number of nitrogens with two attached hydrogens (primary N) is 1. The molecule has 0 aliphatic heterocycles. The molecule has 170 valence electrons. The molecule has 0 radical (unpaired) electrons. The van der Waals surface area contributed by atoms with Gasteiger partial charge in [-0.1, -0.05) is 36.4 Å². The zero-order valence-electron chi connectivity index (χ0n) is 17.6. The molecule has 0 saturated carbocycles. The molecular formula is C22H20N4O7. The maximum Gasteiger partial charge on any atom is 0.357 e. The van der Waals surface area contributed by atoms with E-state index in [1.807, 2.05) is 0 Å². The lowest BCUT2D eigenvalue weighted by Crippen LogP contribution is -2.46. The molecule has 0 saturated heterocycles. The van der Waals surface area contributed by atoms with Crippen LogP contribution in [0.25, 0.3) is 0 Å². The standard InChI is InChI=1S/C22H20N4O7/c1-32-17(28)12-26-20(29)18(16(27)13-33-21(30)15-9-5-6-10-24-15)19(23)25(22(26)31)11-14-7-3-2-4-8-14/h2-10H,11-13,23H2,1H3. The fourth-order valence-corrected chi connectivity index (χ4v) is 2.99. The number of hydrogen-bond donors (Lipinski definition) is 1. The zero-order chi connectivity index (χ0) is 24.0. The Hall–Kier alpha value is -4.54. The van der Waals surface area contributed by atoms with Gasteiger partial charge in [0.05, 0.1) is 13.7 Å². The molecule has 11 nitrogen and oxygen atoms in total. The summed E-state index contributed by atoms with van der Waals surface area (Å²) >= 11 is 0. The number of ether oxygens (including phenoxy) is 2. The predicted octanol–water partition coefficient (Wildman–Crippen LogP) is 0.248. The second kappa shape index (κ2) is 10.2. The van der Waals surface area contributed by atoms with E-state index in [0.717, 1.165) is 11.7 Å². The van der Waals surface area contributed by atoms with Gasteiger partial charge in [0.2, 0.25) is 5.78 Å². The van der Waals surface area contributed by atoms with Gasteiger partial charge in [0.25, 0.3) is 5.56 Å². The number of carbonyl (C=O) groups excluding carboxylic acids is 3. The van der Waals surface area contributed by atoms with E-state index >= 15 is 0 Å². The predicted molar refractivity (Wildman–Crippen MR) is 116 cm³/mol. The first-order valence-electron chi connectivity index (χ1n) is 9.68. The van der Waals surface area contributed by atoms with Crippen molar-refractivity contribution in [2.24, 2.45) is 0 Å². The number of Topliss-reactive ketones (excluding diaryl/α,β-unsaturated/α-hetero) is 1. The summed E-state index contributed by atoms with van der Waals surface area (Å²) in [6, 6.07) is 13.3. The molecule has 0 amide bonds. The number of methoxy groups -OCH3 is 1. The Morgan fingerprint density at radius 3 is 2.33 bits per heavy atom. The molecule has 0 aliphatic rings. The van der Waals surface area contributed by atoms with Gasteiger partial charge < -0.3 is 15.2 Å². The SMILES string of the molecule is COC(=O)Cn1c(=O)c(C(=O)COC(=O)c2ccccn2)c(N)n(Cc2ccccc2)c1=O. The second-order valence-electron chi connectivity index (χ2n) is 6.80. The molecule has 0 atom stereocenters. The fraction of sp³-hybridized carbons (Fsp3) is 0.182. The highest BCUT2D eigenvalue weighted by Crippen LogP contribution is 2.10. The normalized spacial score (nSPS) is 10.5. The highest BCUT2D eigenvalue weighted by Gasteiger charge is 2.25. The lowest BCUT2D eigenvalue weighted by Gasteiger charge is -2.16. The molecule has 0 bridgehead atoms. The smallest absolute Gasteiger partial charge is 0.357 e. The highest BCUT2D eigenvalue weighted by molar-refractivity contribution is 6.02. The van der Waals surface area contributed by atoms with E-state index in [4.69, 9.17) is 10.5 Å². The van der Waals surface area contributed by atoms with Gasteiger partial charge in [-0.25, -0.2) is 19.1 Å². The van der Waals surface area contributed by atoms with Crippen LogP contribution in [0, 0.1) is 0 Å². The molecule has 2 N–H and O–H groups in total. The molecule has 0 unspecified atom stereocenters. The van der Waals surface area contributed by atoms with Crippen LogP contribution in [-0.2, 0) is 27.4 Å². The van der Waals surface area contributed by atoms with Gasteiger partial charge in [-0.3, -0.25) is 19.0 Å². The third-order valence-corrected chi connectivity index (χ3v) is 4.65.